The molecule has 3 nitrogen and oxygen atoms in total. The van der Waals surface area contributed by atoms with Crippen LogP contribution in [-0.2, 0) is 12.6 Å². The number of rotatable bonds is 6. The number of hydrogen-bond acceptors (Lipinski definition) is 1. The number of aromatic amines is 1. The SMILES string of the molecule is CC(C)n1cc(C(F)(F)F)nc1-c1ccc(Cc2ccc(-c3ccccc3C3CC3)[nH]2)cc1. The summed E-state index contributed by atoms with van der Waals surface area (Å²) in [5.41, 5.74) is 5.81. The van der Waals surface area contributed by atoms with Crippen molar-refractivity contribution >= 4 is 0 Å². The van der Waals surface area contributed by atoms with Crippen molar-refractivity contribution in [1.82, 2.24) is 14.5 Å². The number of H-pyrrole nitrogens is 1. The monoisotopic (exact) mass is 449 g/mol. The first kappa shape index (κ1) is 21.6. The van der Waals surface area contributed by atoms with Crippen LogP contribution in [0.15, 0.2) is 66.9 Å². The summed E-state index contributed by atoms with van der Waals surface area (Å²) in [5, 5.41) is 0. The topological polar surface area (TPSA) is 33.6 Å². The first-order valence-electron chi connectivity index (χ1n) is 11.3. The molecular weight excluding hydrogens is 423 g/mol. The second-order valence-electron chi connectivity index (χ2n) is 9.08. The number of halogens is 3. The molecule has 170 valence electrons. The molecular formula is C27H26F3N3. The molecule has 2 heterocycles. The summed E-state index contributed by atoms with van der Waals surface area (Å²) in [6.45, 7) is 3.70. The third-order valence-corrected chi connectivity index (χ3v) is 6.20. The lowest BCUT2D eigenvalue weighted by Crippen LogP contribution is -2.05. The standard InChI is InChI=1S/C27H26F3N3/c1-17(2)33-16-25(27(28,29)30)32-26(33)20-9-7-18(8-10-20)15-21-13-14-24(31-21)23-6-4-3-5-22(23)19-11-12-19/h3-10,13-14,16-17,19,31H,11-12,15H2,1-2H3. The number of nitrogens with zero attached hydrogens (tertiary/aromatic N) is 2. The molecule has 0 aliphatic heterocycles. The Morgan fingerprint density at radius 2 is 1.73 bits per heavy atom. The Hall–Kier alpha value is -3.28. The minimum Gasteiger partial charge on any atom is -0.358 e. The van der Waals surface area contributed by atoms with Crippen molar-refractivity contribution in [2.75, 3.05) is 0 Å². The zero-order valence-electron chi connectivity index (χ0n) is 18.7. The Morgan fingerprint density at radius 1 is 1.00 bits per heavy atom. The zero-order valence-corrected chi connectivity index (χ0v) is 18.7. The lowest BCUT2D eigenvalue weighted by atomic mass is 10.0. The normalized spacial score (nSPS) is 14.2. The fourth-order valence-electron chi connectivity index (χ4n) is 4.32. The van der Waals surface area contributed by atoms with Gasteiger partial charge in [0.2, 0.25) is 0 Å². The molecule has 0 spiro atoms. The van der Waals surface area contributed by atoms with E-state index >= 15 is 0 Å². The fraction of sp³-hybridized carbons (Fsp3) is 0.296. The van der Waals surface area contributed by atoms with Crippen molar-refractivity contribution in [2.24, 2.45) is 0 Å². The Bertz CT molecular complexity index is 1260. The van der Waals surface area contributed by atoms with Gasteiger partial charge in [-0.1, -0.05) is 48.5 Å². The summed E-state index contributed by atoms with van der Waals surface area (Å²) < 4.78 is 41.1. The number of hydrogen-bond donors (Lipinski definition) is 1. The van der Waals surface area contributed by atoms with Crippen LogP contribution in [0.3, 0.4) is 0 Å². The molecule has 5 rings (SSSR count). The summed E-state index contributed by atoms with van der Waals surface area (Å²) in [6.07, 6.45) is -0.128. The Morgan fingerprint density at radius 3 is 2.39 bits per heavy atom. The minimum atomic E-state index is -4.46. The largest absolute Gasteiger partial charge is 0.434 e. The molecule has 0 radical (unpaired) electrons. The Balaban J connectivity index is 1.36. The molecule has 1 fully saturated rings. The lowest BCUT2D eigenvalue weighted by Gasteiger charge is -2.11. The maximum absolute atomic E-state index is 13.2. The first-order chi connectivity index (χ1) is 15.8. The highest BCUT2D eigenvalue weighted by Crippen LogP contribution is 2.44. The molecule has 1 aliphatic rings. The van der Waals surface area contributed by atoms with Crippen LogP contribution in [0.5, 0.6) is 0 Å². The Kier molecular flexibility index (Phi) is 5.39. The van der Waals surface area contributed by atoms with Gasteiger partial charge >= 0.3 is 6.18 Å². The van der Waals surface area contributed by atoms with Gasteiger partial charge in [-0.15, -0.1) is 0 Å². The highest BCUT2D eigenvalue weighted by Gasteiger charge is 2.35. The second kappa shape index (κ2) is 8.25. The van der Waals surface area contributed by atoms with Crippen molar-refractivity contribution in [1.29, 1.82) is 0 Å². The molecule has 0 saturated heterocycles. The van der Waals surface area contributed by atoms with Gasteiger partial charge in [-0.3, -0.25) is 0 Å². The number of alkyl halides is 3. The first-order valence-corrected chi connectivity index (χ1v) is 11.3. The van der Waals surface area contributed by atoms with Gasteiger partial charge in [0.05, 0.1) is 0 Å². The molecule has 2 aromatic heterocycles. The predicted octanol–water partition coefficient (Wildman–Crippen LogP) is 7.61. The number of imidazole rings is 1. The zero-order chi connectivity index (χ0) is 23.2. The van der Waals surface area contributed by atoms with Crippen LogP contribution in [0.25, 0.3) is 22.6 Å². The van der Waals surface area contributed by atoms with Crippen LogP contribution in [-0.4, -0.2) is 14.5 Å². The summed E-state index contributed by atoms with van der Waals surface area (Å²) >= 11 is 0. The number of benzene rings is 2. The van der Waals surface area contributed by atoms with Crippen LogP contribution in [0.4, 0.5) is 13.2 Å². The van der Waals surface area contributed by atoms with E-state index in [4.69, 9.17) is 0 Å². The smallest absolute Gasteiger partial charge is 0.358 e. The van der Waals surface area contributed by atoms with E-state index in [1.165, 1.54) is 24.0 Å². The molecule has 1 aliphatic carbocycles. The molecule has 6 heteroatoms. The quantitative estimate of drug-likeness (QED) is 0.323. The van der Waals surface area contributed by atoms with E-state index in [1.807, 2.05) is 38.1 Å². The van der Waals surface area contributed by atoms with Gasteiger partial charge in [0.25, 0.3) is 0 Å². The summed E-state index contributed by atoms with van der Waals surface area (Å²) in [6, 6.07) is 20.3. The summed E-state index contributed by atoms with van der Waals surface area (Å²) in [5.74, 6) is 1.01. The van der Waals surface area contributed by atoms with Crippen LogP contribution < -0.4 is 0 Å². The van der Waals surface area contributed by atoms with Crippen molar-refractivity contribution in [3.8, 4) is 22.6 Å². The van der Waals surface area contributed by atoms with Gasteiger partial charge in [-0.05, 0) is 55.9 Å². The molecule has 0 atom stereocenters. The molecule has 0 unspecified atom stereocenters. The van der Waals surface area contributed by atoms with E-state index in [-0.39, 0.29) is 6.04 Å². The molecule has 2 aromatic carbocycles. The summed E-state index contributed by atoms with van der Waals surface area (Å²) in [7, 11) is 0. The van der Waals surface area contributed by atoms with Crippen molar-refractivity contribution in [3.05, 3.63) is 89.4 Å². The molecule has 1 saturated carbocycles. The van der Waals surface area contributed by atoms with Crippen LogP contribution in [0.2, 0.25) is 0 Å². The predicted molar refractivity (Wildman–Crippen MR) is 124 cm³/mol. The Labute approximate surface area is 191 Å². The van der Waals surface area contributed by atoms with Crippen LogP contribution in [0.1, 0.15) is 61.2 Å². The van der Waals surface area contributed by atoms with Crippen molar-refractivity contribution in [2.45, 2.75) is 51.2 Å². The molecule has 4 aromatic rings. The van der Waals surface area contributed by atoms with E-state index in [2.05, 4.69) is 46.4 Å². The van der Waals surface area contributed by atoms with Crippen LogP contribution in [0, 0.1) is 0 Å². The highest BCUT2D eigenvalue weighted by molar-refractivity contribution is 5.66. The van der Waals surface area contributed by atoms with E-state index in [0.29, 0.717) is 17.3 Å². The van der Waals surface area contributed by atoms with Crippen molar-refractivity contribution in [3.63, 3.8) is 0 Å². The average molecular weight is 450 g/mol. The van der Waals surface area contributed by atoms with Gasteiger partial charge in [0.15, 0.2) is 5.69 Å². The van der Waals surface area contributed by atoms with Gasteiger partial charge in [0, 0.05) is 41.2 Å². The average Bonchev–Trinajstić information content (AvgIpc) is 3.34. The maximum Gasteiger partial charge on any atom is 0.434 e. The van der Waals surface area contributed by atoms with E-state index in [0.717, 1.165) is 29.6 Å². The van der Waals surface area contributed by atoms with Gasteiger partial charge in [-0.25, -0.2) is 4.98 Å². The van der Waals surface area contributed by atoms with Crippen molar-refractivity contribution < 1.29 is 13.2 Å². The highest BCUT2D eigenvalue weighted by atomic mass is 19.4. The fourth-order valence-corrected chi connectivity index (χ4v) is 4.32. The second-order valence-corrected chi connectivity index (χ2v) is 9.08. The van der Waals surface area contributed by atoms with Gasteiger partial charge < -0.3 is 9.55 Å². The molecule has 0 bridgehead atoms. The van der Waals surface area contributed by atoms with E-state index in [9.17, 15) is 13.2 Å². The number of nitrogens with one attached hydrogen (secondary N) is 1. The minimum absolute atomic E-state index is 0.126. The van der Waals surface area contributed by atoms with Gasteiger partial charge in [0.1, 0.15) is 5.82 Å². The summed E-state index contributed by atoms with van der Waals surface area (Å²) in [4.78, 5) is 7.43. The van der Waals surface area contributed by atoms with Crippen LogP contribution >= 0.6 is 0 Å². The van der Waals surface area contributed by atoms with Gasteiger partial charge in [-0.2, -0.15) is 13.2 Å². The lowest BCUT2D eigenvalue weighted by molar-refractivity contribution is -0.140. The molecule has 0 amide bonds. The molecule has 33 heavy (non-hydrogen) atoms. The maximum atomic E-state index is 13.2. The van der Waals surface area contributed by atoms with E-state index in [1.54, 1.807) is 4.57 Å². The molecule has 1 N–H and O–H groups in total. The third kappa shape index (κ3) is 4.47. The third-order valence-electron chi connectivity index (χ3n) is 6.20. The number of aromatic nitrogens is 3. The van der Waals surface area contributed by atoms with E-state index < -0.39 is 11.9 Å².